The topological polar surface area (TPSA) is 40.6 Å². The number of allylic oxidation sites excluding steroid dienone is 4. The Bertz CT molecular complexity index is 662. The van der Waals surface area contributed by atoms with Crippen molar-refractivity contribution in [2.75, 3.05) is 14.1 Å². The summed E-state index contributed by atoms with van der Waals surface area (Å²) >= 11 is 0. The van der Waals surface area contributed by atoms with Gasteiger partial charge in [-0.15, -0.1) is 0 Å². The van der Waals surface area contributed by atoms with E-state index in [1.54, 1.807) is 4.90 Å². The molecule has 2 amide bonds. The van der Waals surface area contributed by atoms with Crippen molar-refractivity contribution in [2.45, 2.75) is 213 Å². The molecule has 0 aromatic heterocycles. The molecule has 45 heavy (non-hydrogen) atoms. The van der Waals surface area contributed by atoms with Gasteiger partial charge in [0.15, 0.2) is 0 Å². The lowest BCUT2D eigenvalue weighted by atomic mass is 10.1. The largest absolute Gasteiger partial charge is 0.289 e. The second-order valence-corrected chi connectivity index (χ2v) is 13.7. The van der Waals surface area contributed by atoms with Crippen molar-refractivity contribution in [1.82, 2.24) is 9.80 Å². The molecule has 0 aliphatic heterocycles. The first-order valence-electron chi connectivity index (χ1n) is 19.8. The predicted octanol–water partition coefficient (Wildman–Crippen LogP) is 12.7. The third kappa shape index (κ3) is 27.4. The van der Waals surface area contributed by atoms with Gasteiger partial charge in [-0.2, -0.15) is 0 Å². The van der Waals surface area contributed by atoms with Crippen LogP contribution in [0, 0.1) is 0 Å². The Morgan fingerprint density at radius 3 is 1.02 bits per heavy atom. The van der Waals surface area contributed by atoms with E-state index in [0.29, 0.717) is 12.8 Å². The molecule has 4 nitrogen and oxygen atoms in total. The minimum Gasteiger partial charge on any atom is -0.289 e. The van der Waals surface area contributed by atoms with Gasteiger partial charge in [-0.1, -0.05) is 148 Å². The number of nitrogens with zero attached hydrogens (tertiary/aromatic N) is 2. The molecule has 264 valence electrons. The molecule has 0 N–H and O–H groups in total. The second-order valence-electron chi connectivity index (χ2n) is 13.7. The lowest BCUT2D eigenvalue weighted by Crippen LogP contribution is -2.51. The van der Waals surface area contributed by atoms with Crippen LogP contribution >= 0.6 is 0 Å². The molecule has 0 fully saturated rings. The van der Waals surface area contributed by atoms with Crippen LogP contribution in [0.2, 0.25) is 0 Å². The number of hydrogen-bond acceptors (Lipinski definition) is 3. The molecule has 0 bridgehead atoms. The molecule has 0 aromatic carbocycles. The van der Waals surface area contributed by atoms with Gasteiger partial charge in [0.1, 0.15) is 0 Å². The monoisotopic (exact) mass is 631 g/mol. The molecule has 0 heterocycles. The highest BCUT2D eigenvalue weighted by molar-refractivity contribution is 5.95. The van der Waals surface area contributed by atoms with Crippen LogP contribution in [-0.4, -0.2) is 41.9 Å². The van der Waals surface area contributed by atoms with Gasteiger partial charge in [0.05, 0.1) is 6.17 Å². The minimum absolute atomic E-state index is 0.0194. The first-order valence-corrected chi connectivity index (χ1v) is 19.8. The van der Waals surface area contributed by atoms with E-state index in [2.05, 4.69) is 45.1 Å². The number of carbonyl (C=O) groups excluding carboxylic acids is 2. The number of rotatable bonds is 33. The molecule has 1 unspecified atom stereocenters. The van der Waals surface area contributed by atoms with Crippen molar-refractivity contribution in [2.24, 2.45) is 0 Å². The Morgan fingerprint density at radius 1 is 0.444 bits per heavy atom. The Morgan fingerprint density at radius 2 is 0.733 bits per heavy atom. The van der Waals surface area contributed by atoms with Gasteiger partial charge in [0.25, 0.3) is 0 Å². The maximum Gasteiger partial charge on any atom is 0.230 e. The van der Waals surface area contributed by atoms with Crippen LogP contribution in [-0.2, 0) is 9.59 Å². The summed E-state index contributed by atoms with van der Waals surface area (Å²) in [5.41, 5.74) is 0. The third-order valence-electron chi connectivity index (χ3n) is 9.10. The molecular weight excluding hydrogens is 552 g/mol. The van der Waals surface area contributed by atoms with Gasteiger partial charge in [-0.05, 0) is 84.7 Å². The Balaban J connectivity index is 4.10. The zero-order valence-corrected chi connectivity index (χ0v) is 31.1. The number of imide groups is 1. The fourth-order valence-electron chi connectivity index (χ4n) is 6.19. The summed E-state index contributed by atoms with van der Waals surface area (Å²) in [5, 5.41) is 0. The lowest BCUT2D eigenvalue weighted by Gasteiger charge is -2.34. The fourth-order valence-corrected chi connectivity index (χ4v) is 6.19. The van der Waals surface area contributed by atoms with Crippen molar-refractivity contribution in [1.29, 1.82) is 0 Å². The van der Waals surface area contributed by atoms with Gasteiger partial charge in [0, 0.05) is 12.8 Å². The van der Waals surface area contributed by atoms with E-state index in [-0.39, 0.29) is 18.0 Å². The highest BCUT2D eigenvalue weighted by Gasteiger charge is 2.29. The van der Waals surface area contributed by atoms with Gasteiger partial charge in [0.2, 0.25) is 11.8 Å². The number of hydrogen-bond donors (Lipinski definition) is 0. The standard InChI is InChI=1S/C41H78N2O2/c1-6-9-11-13-15-17-19-21-23-25-27-29-31-33-35-37-40(44)43(39(8-3)42(4)5)41(45)38-36-34-32-30-28-26-24-22-20-18-16-14-12-10-7-2/h21-24,39H,6-20,25-38H2,1-5H3. The number of carbonyl (C=O) groups is 2. The van der Waals surface area contributed by atoms with Crippen LogP contribution in [0.1, 0.15) is 207 Å². The van der Waals surface area contributed by atoms with Crippen molar-refractivity contribution in [3.05, 3.63) is 24.3 Å². The second kappa shape index (κ2) is 33.9. The molecule has 0 aromatic rings. The highest BCUT2D eigenvalue weighted by atomic mass is 16.2. The van der Waals surface area contributed by atoms with Crippen LogP contribution in [0.4, 0.5) is 0 Å². The number of amides is 2. The summed E-state index contributed by atoms with van der Waals surface area (Å²) in [6.07, 6.45) is 43.4. The van der Waals surface area contributed by atoms with Gasteiger partial charge in [-0.25, -0.2) is 0 Å². The molecule has 4 heteroatoms. The molecular formula is C41H78N2O2. The van der Waals surface area contributed by atoms with E-state index >= 15 is 0 Å². The fraction of sp³-hybridized carbons (Fsp3) is 0.854. The Hall–Kier alpha value is -1.42. The summed E-state index contributed by atoms with van der Waals surface area (Å²) in [4.78, 5) is 30.1. The van der Waals surface area contributed by atoms with E-state index in [4.69, 9.17) is 0 Å². The van der Waals surface area contributed by atoms with Crippen molar-refractivity contribution < 1.29 is 9.59 Å². The maximum atomic E-state index is 13.2. The zero-order chi connectivity index (χ0) is 33.2. The molecule has 0 aliphatic rings. The van der Waals surface area contributed by atoms with E-state index in [9.17, 15) is 9.59 Å². The van der Waals surface area contributed by atoms with Crippen LogP contribution in [0.25, 0.3) is 0 Å². The zero-order valence-electron chi connectivity index (χ0n) is 31.1. The van der Waals surface area contributed by atoms with Crippen molar-refractivity contribution in [3.8, 4) is 0 Å². The molecule has 1 atom stereocenters. The smallest absolute Gasteiger partial charge is 0.230 e. The molecule has 0 radical (unpaired) electrons. The third-order valence-corrected chi connectivity index (χ3v) is 9.10. The molecule has 0 saturated heterocycles. The summed E-state index contributed by atoms with van der Waals surface area (Å²) in [6.45, 7) is 6.62. The van der Waals surface area contributed by atoms with E-state index in [1.807, 2.05) is 19.0 Å². The first kappa shape index (κ1) is 43.6. The van der Waals surface area contributed by atoms with Gasteiger partial charge >= 0.3 is 0 Å². The van der Waals surface area contributed by atoms with Crippen LogP contribution in [0.3, 0.4) is 0 Å². The lowest BCUT2D eigenvalue weighted by molar-refractivity contribution is -0.152. The number of unbranched alkanes of at least 4 members (excludes halogenated alkanes) is 22. The molecule has 0 saturated carbocycles. The van der Waals surface area contributed by atoms with Crippen LogP contribution in [0.5, 0.6) is 0 Å². The summed E-state index contributed by atoms with van der Waals surface area (Å²) in [6, 6.07) is 0. The SMILES string of the molecule is CCCCCCCCC=CCCCCCCCC(=O)N(C(=O)CCCCCCCC=CCCCCCCCC)C(CC)N(C)C. The Labute approximate surface area is 282 Å². The maximum absolute atomic E-state index is 13.2. The average molecular weight is 631 g/mol. The average Bonchev–Trinajstić information content (AvgIpc) is 3.03. The van der Waals surface area contributed by atoms with Crippen molar-refractivity contribution >= 4 is 11.8 Å². The van der Waals surface area contributed by atoms with Gasteiger partial charge < -0.3 is 0 Å². The minimum atomic E-state index is -0.142. The van der Waals surface area contributed by atoms with E-state index in [1.165, 1.54) is 141 Å². The van der Waals surface area contributed by atoms with Crippen molar-refractivity contribution in [3.63, 3.8) is 0 Å². The van der Waals surface area contributed by atoms with Gasteiger partial charge in [-0.3, -0.25) is 19.4 Å². The predicted molar refractivity (Wildman–Crippen MR) is 199 cm³/mol. The summed E-state index contributed by atoms with van der Waals surface area (Å²) in [7, 11) is 3.96. The normalized spacial score (nSPS) is 12.6. The van der Waals surface area contributed by atoms with Crippen LogP contribution in [0.15, 0.2) is 24.3 Å². The molecule has 0 rings (SSSR count). The van der Waals surface area contributed by atoms with Crippen LogP contribution < -0.4 is 0 Å². The van der Waals surface area contributed by atoms with E-state index in [0.717, 1.165) is 32.1 Å². The molecule has 0 aliphatic carbocycles. The Kier molecular flexibility index (Phi) is 32.9. The summed E-state index contributed by atoms with van der Waals surface area (Å²) in [5.74, 6) is 0.0387. The quantitative estimate of drug-likeness (QED) is 0.0411. The van der Waals surface area contributed by atoms with E-state index < -0.39 is 0 Å². The first-order chi connectivity index (χ1) is 22.0. The summed E-state index contributed by atoms with van der Waals surface area (Å²) < 4.78 is 0. The molecule has 0 spiro atoms. The highest BCUT2D eigenvalue weighted by Crippen LogP contribution is 2.17.